The third-order valence-corrected chi connectivity index (χ3v) is 2.49. The molecule has 1 heterocycles. The summed E-state index contributed by atoms with van der Waals surface area (Å²) in [7, 11) is 2.06. The van der Waals surface area contributed by atoms with E-state index in [0.29, 0.717) is 6.04 Å². The molecule has 0 spiro atoms. The summed E-state index contributed by atoms with van der Waals surface area (Å²) in [5, 5.41) is 8.49. The molecule has 1 fully saturated rings. The minimum atomic E-state index is -0.329. The lowest BCUT2D eigenvalue weighted by molar-refractivity contribution is 0.158. The zero-order chi connectivity index (χ0) is 9.68. The van der Waals surface area contributed by atoms with Crippen LogP contribution in [0.25, 0.3) is 0 Å². The maximum atomic E-state index is 8.49. The molecular formula is C9H17N3O. The Morgan fingerprint density at radius 2 is 2.54 bits per heavy atom. The maximum absolute atomic E-state index is 8.49. The Balaban J connectivity index is 2.17. The van der Waals surface area contributed by atoms with Gasteiger partial charge in [0.2, 0.25) is 0 Å². The molecule has 0 aromatic carbocycles. The lowest BCUT2D eigenvalue weighted by atomic mass is 10.2. The molecule has 4 nitrogen and oxygen atoms in total. The summed E-state index contributed by atoms with van der Waals surface area (Å²) in [5.41, 5.74) is 5.50. The molecular weight excluding hydrogens is 166 g/mol. The molecule has 0 aromatic rings. The van der Waals surface area contributed by atoms with Crippen molar-refractivity contribution < 1.29 is 4.74 Å². The highest BCUT2D eigenvalue weighted by molar-refractivity contribution is 4.87. The van der Waals surface area contributed by atoms with Crippen molar-refractivity contribution in [1.82, 2.24) is 4.90 Å². The minimum Gasteiger partial charge on any atom is -0.380 e. The van der Waals surface area contributed by atoms with E-state index in [1.807, 2.05) is 6.07 Å². The number of nitrogens with two attached hydrogens (primary N) is 1. The molecule has 1 saturated heterocycles. The molecule has 2 atom stereocenters. The van der Waals surface area contributed by atoms with Crippen molar-refractivity contribution in [3.05, 3.63) is 0 Å². The van der Waals surface area contributed by atoms with Crippen molar-refractivity contribution in [2.24, 2.45) is 5.73 Å². The van der Waals surface area contributed by atoms with Crippen LogP contribution < -0.4 is 5.73 Å². The van der Waals surface area contributed by atoms with E-state index in [2.05, 4.69) is 11.9 Å². The highest BCUT2D eigenvalue weighted by atomic mass is 16.5. The number of rotatable bonds is 4. The first kappa shape index (κ1) is 10.5. The molecule has 4 heteroatoms. The van der Waals surface area contributed by atoms with Gasteiger partial charge in [-0.1, -0.05) is 0 Å². The highest BCUT2D eigenvalue weighted by Gasteiger charge is 2.20. The van der Waals surface area contributed by atoms with Crippen LogP contribution in [0.3, 0.4) is 0 Å². The van der Waals surface area contributed by atoms with Gasteiger partial charge in [0.05, 0.1) is 18.7 Å². The van der Waals surface area contributed by atoms with Crippen LogP contribution in [0.5, 0.6) is 0 Å². The summed E-state index contributed by atoms with van der Waals surface area (Å²) >= 11 is 0. The molecule has 2 unspecified atom stereocenters. The molecule has 1 rings (SSSR count). The van der Waals surface area contributed by atoms with E-state index in [9.17, 15) is 0 Å². The topological polar surface area (TPSA) is 62.3 Å². The zero-order valence-corrected chi connectivity index (χ0v) is 8.07. The van der Waals surface area contributed by atoms with E-state index in [1.165, 1.54) is 0 Å². The number of likely N-dealkylation sites (N-methyl/N-ethyl adjacent to an activating group) is 1. The summed E-state index contributed by atoms with van der Waals surface area (Å²) in [5.74, 6) is 0. The first-order chi connectivity index (χ1) is 6.24. The van der Waals surface area contributed by atoms with E-state index >= 15 is 0 Å². The Kier molecular flexibility index (Phi) is 4.16. The van der Waals surface area contributed by atoms with Gasteiger partial charge in [0.15, 0.2) is 0 Å². The summed E-state index contributed by atoms with van der Waals surface area (Å²) in [4.78, 5) is 2.23. The van der Waals surface area contributed by atoms with Crippen LogP contribution in [0, 0.1) is 11.3 Å². The lowest BCUT2D eigenvalue weighted by Crippen LogP contribution is -2.35. The first-order valence-corrected chi connectivity index (χ1v) is 4.67. The second-order valence-corrected chi connectivity index (χ2v) is 3.52. The normalized spacial score (nSPS) is 24.6. The van der Waals surface area contributed by atoms with Crippen molar-refractivity contribution in [2.75, 3.05) is 26.8 Å². The SMILES string of the molecule is CN(CCC(N)C#N)C1CCOC1. The predicted molar refractivity (Wildman–Crippen MR) is 50.1 cm³/mol. The van der Waals surface area contributed by atoms with E-state index in [-0.39, 0.29) is 6.04 Å². The summed E-state index contributed by atoms with van der Waals surface area (Å²) in [6.45, 7) is 2.56. The third-order valence-electron chi connectivity index (χ3n) is 2.49. The van der Waals surface area contributed by atoms with Gasteiger partial charge in [-0.25, -0.2) is 0 Å². The highest BCUT2D eigenvalue weighted by Crippen LogP contribution is 2.10. The van der Waals surface area contributed by atoms with Crippen LogP contribution in [0.15, 0.2) is 0 Å². The second-order valence-electron chi connectivity index (χ2n) is 3.52. The lowest BCUT2D eigenvalue weighted by Gasteiger charge is -2.22. The van der Waals surface area contributed by atoms with Gasteiger partial charge in [-0.2, -0.15) is 5.26 Å². The van der Waals surface area contributed by atoms with Crippen LogP contribution in [0.1, 0.15) is 12.8 Å². The zero-order valence-electron chi connectivity index (χ0n) is 8.07. The number of nitrogens with zero attached hydrogens (tertiary/aromatic N) is 2. The molecule has 74 valence electrons. The molecule has 13 heavy (non-hydrogen) atoms. The molecule has 0 saturated carbocycles. The van der Waals surface area contributed by atoms with Gasteiger partial charge in [0.1, 0.15) is 0 Å². The van der Waals surface area contributed by atoms with E-state index in [0.717, 1.165) is 32.6 Å². The van der Waals surface area contributed by atoms with Crippen LogP contribution in [-0.2, 0) is 4.74 Å². The van der Waals surface area contributed by atoms with Gasteiger partial charge >= 0.3 is 0 Å². The van der Waals surface area contributed by atoms with Crippen LogP contribution in [0.2, 0.25) is 0 Å². The quantitative estimate of drug-likeness (QED) is 0.663. The number of hydrogen-bond acceptors (Lipinski definition) is 4. The van der Waals surface area contributed by atoms with Gasteiger partial charge in [-0.05, 0) is 19.9 Å². The minimum absolute atomic E-state index is 0.329. The first-order valence-electron chi connectivity index (χ1n) is 4.67. The van der Waals surface area contributed by atoms with Gasteiger partial charge < -0.3 is 15.4 Å². The molecule has 0 aliphatic carbocycles. The second kappa shape index (κ2) is 5.18. The monoisotopic (exact) mass is 183 g/mol. The standard InChI is InChI=1S/C9H17N3O/c1-12(4-2-8(11)6-10)9-3-5-13-7-9/h8-9H,2-5,7,11H2,1H3. The molecule has 1 aliphatic rings. The average Bonchev–Trinajstić information content (AvgIpc) is 2.66. The molecule has 0 aromatic heterocycles. The molecule has 0 bridgehead atoms. The summed E-state index contributed by atoms with van der Waals surface area (Å²) in [6.07, 6.45) is 1.84. The Morgan fingerprint density at radius 3 is 3.08 bits per heavy atom. The van der Waals surface area contributed by atoms with Crippen LogP contribution in [-0.4, -0.2) is 43.8 Å². The van der Waals surface area contributed by atoms with E-state index in [4.69, 9.17) is 15.7 Å². The van der Waals surface area contributed by atoms with Gasteiger partial charge in [0.25, 0.3) is 0 Å². The summed E-state index contributed by atoms with van der Waals surface area (Å²) < 4.78 is 5.27. The van der Waals surface area contributed by atoms with Crippen LogP contribution >= 0.6 is 0 Å². The Bertz CT molecular complexity index is 184. The van der Waals surface area contributed by atoms with E-state index < -0.39 is 0 Å². The average molecular weight is 183 g/mol. The Hall–Kier alpha value is -0.630. The Labute approximate surface area is 79.3 Å². The van der Waals surface area contributed by atoms with Gasteiger partial charge in [-0.15, -0.1) is 0 Å². The summed E-state index contributed by atoms with van der Waals surface area (Å²) in [6, 6.07) is 2.22. The van der Waals surface area contributed by atoms with Crippen molar-refractivity contribution in [2.45, 2.75) is 24.9 Å². The van der Waals surface area contributed by atoms with Crippen LogP contribution in [0.4, 0.5) is 0 Å². The number of ether oxygens (including phenoxy) is 1. The number of nitriles is 1. The van der Waals surface area contributed by atoms with Gasteiger partial charge in [0, 0.05) is 19.2 Å². The molecule has 2 N–H and O–H groups in total. The maximum Gasteiger partial charge on any atom is 0.0940 e. The fraction of sp³-hybridized carbons (Fsp3) is 0.889. The smallest absolute Gasteiger partial charge is 0.0940 e. The molecule has 0 radical (unpaired) electrons. The van der Waals surface area contributed by atoms with Gasteiger partial charge in [-0.3, -0.25) is 0 Å². The Morgan fingerprint density at radius 1 is 1.77 bits per heavy atom. The fourth-order valence-corrected chi connectivity index (χ4v) is 1.46. The van der Waals surface area contributed by atoms with Crippen molar-refractivity contribution >= 4 is 0 Å². The molecule has 0 amide bonds. The van der Waals surface area contributed by atoms with Crippen molar-refractivity contribution in [1.29, 1.82) is 5.26 Å². The third kappa shape index (κ3) is 3.31. The largest absolute Gasteiger partial charge is 0.380 e. The van der Waals surface area contributed by atoms with E-state index in [1.54, 1.807) is 0 Å². The van der Waals surface area contributed by atoms with Crippen molar-refractivity contribution in [3.8, 4) is 6.07 Å². The predicted octanol–water partition coefficient (Wildman–Crippen LogP) is -0.0519. The van der Waals surface area contributed by atoms with Crippen molar-refractivity contribution in [3.63, 3.8) is 0 Å². The fourth-order valence-electron chi connectivity index (χ4n) is 1.46. The number of hydrogen-bond donors (Lipinski definition) is 1. The molecule has 1 aliphatic heterocycles.